The van der Waals surface area contributed by atoms with Gasteiger partial charge in [-0.3, -0.25) is 0 Å². The molecule has 0 spiro atoms. The van der Waals surface area contributed by atoms with Crippen molar-refractivity contribution >= 4 is 12.1 Å². The molecule has 4 aromatic rings. The predicted molar refractivity (Wildman–Crippen MR) is 132 cm³/mol. The number of allylic oxidation sites excluding steroid dienone is 4. The fourth-order valence-corrected chi connectivity index (χ4v) is 8.91. The topological polar surface area (TPSA) is 0 Å². The second-order valence-corrected chi connectivity index (χ2v) is 11.5. The summed E-state index contributed by atoms with van der Waals surface area (Å²) < 4.78 is 3.21. The van der Waals surface area contributed by atoms with Gasteiger partial charge in [-0.25, -0.2) is 0 Å². The van der Waals surface area contributed by atoms with Crippen molar-refractivity contribution in [2.45, 2.75) is 12.8 Å². The third kappa shape index (κ3) is 3.56. The van der Waals surface area contributed by atoms with Gasteiger partial charge >= 0.3 is 202 Å². The summed E-state index contributed by atoms with van der Waals surface area (Å²) in [6, 6.07) is 35.8. The van der Waals surface area contributed by atoms with E-state index >= 15 is 0 Å². The van der Waals surface area contributed by atoms with Gasteiger partial charge in [0.2, 0.25) is 0 Å². The molecule has 0 saturated carbocycles. The minimum absolute atomic E-state index is 1.05. The quantitative estimate of drug-likeness (QED) is 0.269. The van der Waals surface area contributed by atoms with Gasteiger partial charge in [-0.15, -0.1) is 0 Å². The molecule has 2 aliphatic rings. The van der Waals surface area contributed by atoms with E-state index in [0.29, 0.717) is 0 Å². The van der Waals surface area contributed by atoms with Gasteiger partial charge in [0.25, 0.3) is 0 Å². The molecule has 0 unspecified atom stereocenters. The van der Waals surface area contributed by atoms with Crippen molar-refractivity contribution in [3.05, 3.63) is 143 Å². The first-order valence-electron chi connectivity index (χ1n) is 11.2. The van der Waals surface area contributed by atoms with Crippen molar-refractivity contribution < 1.29 is 22.8 Å². The van der Waals surface area contributed by atoms with Gasteiger partial charge in [0, 0.05) is 0 Å². The summed E-state index contributed by atoms with van der Waals surface area (Å²) >= 11 is -1.12. The van der Waals surface area contributed by atoms with Crippen molar-refractivity contribution in [2.24, 2.45) is 0 Å². The Kier molecular flexibility index (Phi) is 5.29. The monoisotopic (exact) mass is 485 g/mol. The van der Waals surface area contributed by atoms with Crippen LogP contribution in [-0.2, 0) is 29.2 Å². The molecule has 32 heavy (non-hydrogen) atoms. The first-order valence-corrected chi connectivity index (χ1v) is 13.7. The van der Waals surface area contributed by atoms with Crippen molar-refractivity contribution in [3.63, 3.8) is 0 Å². The normalized spacial score (nSPS) is 13.3. The number of rotatable bonds is 4. The van der Waals surface area contributed by atoms with Crippen LogP contribution in [0, 0.1) is 0 Å². The Labute approximate surface area is 201 Å². The van der Waals surface area contributed by atoms with E-state index in [0.717, 1.165) is 12.8 Å². The van der Waals surface area contributed by atoms with Crippen LogP contribution < -0.4 is 3.27 Å². The van der Waals surface area contributed by atoms with E-state index in [-0.39, 0.29) is 0 Å². The van der Waals surface area contributed by atoms with Crippen molar-refractivity contribution in [1.82, 2.24) is 0 Å². The molecular formula is C31H23Zr. The molecule has 6 rings (SSSR count). The van der Waals surface area contributed by atoms with Crippen LogP contribution in [0.5, 0.6) is 0 Å². The molecule has 0 bridgehead atoms. The summed E-state index contributed by atoms with van der Waals surface area (Å²) in [6.07, 6.45) is 8.92. The first kappa shape index (κ1) is 19.8. The molecule has 0 amide bonds. The molecule has 0 nitrogen and oxygen atoms in total. The predicted octanol–water partition coefficient (Wildman–Crippen LogP) is 6.58. The summed E-state index contributed by atoms with van der Waals surface area (Å²) in [5, 5.41) is 0. The standard InChI is InChI=1S/C18H13.C13H10.Zr/c1-2-6-13(5-1)14-9-10-18-16(11-14)12-15-7-3-4-8-17(15)18;1-3-7-12(8-4-1)11-13-9-5-2-6-10-13;/h1-5,7-10H,6,12H2;1-10H;. The van der Waals surface area contributed by atoms with Crippen LogP contribution in [0.3, 0.4) is 0 Å². The Hall–Kier alpha value is -2.89. The molecule has 0 heterocycles. The van der Waals surface area contributed by atoms with Crippen LogP contribution in [0.1, 0.15) is 34.2 Å². The van der Waals surface area contributed by atoms with Crippen LogP contribution in [0.2, 0.25) is 0 Å². The summed E-state index contributed by atoms with van der Waals surface area (Å²) in [5.41, 5.74) is 11.6. The molecule has 0 aliphatic heterocycles. The van der Waals surface area contributed by atoms with Gasteiger partial charge in [0.05, 0.1) is 0 Å². The SMILES string of the molecule is C1=CCC(c2ccc3c([c]2[Zr]=[C](c2ccccc2)c2ccccc2)Cc2ccccc2-3)=C1. The van der Waals surface area contributed by atoms with Crippen LogP contribution >= 0.6 is 0 Å². The second kappa shape index (κ2) is 8.57. The van der Waals surface area contributed by atoms with Crippen LogP contribution in [0.25, 0.3) is 16.7 Å². The second-order valence-electron chi connectivity index (χ2n) is 8.40. The Morgan fingerprint density at radius 3 is 1.97 bits per heavy atom. The molecule has 4 aromatic carbocycles. The van der Waals surface area contributed by atoms with E-state index < -0.39 is 22.8 Å². The average molecular weight is 487 g/mol. The van der Waals surface area contributed by atoms with Gasteiger partial charge in [0.15, 0.2) is 0 Å². The third-order valence-electron chi connectivity index (χ3n) is 6.48. The third-order valence-corrected chi connectivity index (χ3v) is 10.5. The van der Waals surface area contributed by atoms with Crippen molar-refractivity contribution in [2.75, 3.05) is 0 Å². The van der Waals surface area contributed by atoms with E-state index in [1.165, 1.54) is 39.0 Å². The molecule has 0 aromatic heterocycles. The molecule has 1 heteroatoms. The Bertz CT molecular complexity index is 1350. The molecule has 0 radical (unpaired) electrons. The Morgan fingerprint density at radius 1 is 0.625 bits per heavy atom. The van der Waals surface area contributed by atoms with Gasteiger partial charge in [-0.05, 0) is 0 Å². The number of hydrogen-bond acceptors (Lipinski definition) is 0. The number of fused-ring (bicyclic) bond motifs is 3. The van der Waals surface area contributed by atoms with Crippen LogP contribution in [-0.4, -0.2) is 3.21 Å². The minimum atomic E-state index is -1.12. The zero-order valence-corrected chi connectivity index (χ0v) is 20.3. The molecule has 2 aliphatic carbocycles. The summed E-state index contributed by atoms with van der Waals surface area (Å²) in [7, 11) is 0. The average Bonchev–Trinajstić information content (AvgIpc) is 3.52. The molecule has 0 N–H and O–H groups in total. The maximum atomic E-state index is 2.41. The zero-order valence-electron chi connectivity index (χ0n) is 17.9. The number of benzene rings is 4. The molecule has 0 atom stereocenters. The molecule has 0 saturated heterocycles. The summed E-state index contributed by atoms with van der Waals surface area (Å²) in [6.45, 7) is 0. The van der Waals surface area contributed by atoms with Gasteiger partial charge in [-0.1, -0.05) is 0 Å². The van der Waals surface area contributed by atoms with Gasteiger partial charge in [-0.2, -0.15) is 0 Å². The summed E-state index contributed by atoms with van der Waals surface area (Å²) in [4.78, 5) is 0. The van der Waals surface area contributed by atoms with Crippen LogP contribution in [0.4, 0.5) is 0 Å². The maximum absolute atomic E-state index is 2.41. The summed E-state index contributed by atoms with van der Waals surface area (Å²) in [5.74, 6) is 0. The van der Waals surface area contributed by atoms with E-state index in [9.17, 15) is 0 Å². The molecule has 0 fully saturated rings. The fraction of sp³-hybridized carbons (Fsp3) is 0.0645. The van der Waals surface area contributed by atoms with Crippen molar-refractivity contribution in [3.8, 4) is 11.1 Å². The zero-order chi connectivity index (χ0) is 21.3. The Morgan fingerprint density at radius 2 is 1.28 bits per heavy atom. The van der Waals surface area contributed by atoms with Crippen LogP contribution in [0.15, 0.2) is 115 Å². The van der Waals surface area contributed by atoms with E-state index in [1.807, 2.05) is 0 Å². The van der Waals surface area contributed by atoms with Gasteiger partial charge < -0.3 is 0 Å². The Balaban J connectivity index is 1.62. The first-order chi connectivity index (χ1) is 15.9. The van der Waals surface area contributed by atoms with Crippen molar-refractivity contribution in [1.29, 1.82) is 0 Å². The van der Waals surface area contributed by atoms with E-state index in [4.69, 9.17) is 0 Å². The number of hydrogen-bond donors (Lipinski definition) is 0. The molecule has 151 valence electrons. The van der Waals surface area contributed by atoms with Gasteiger partial charge in [0.1, 0.15) is 0 Å². The van der Waals surface area contributed by atoms with E-state index in [1.54, 1.807) is 12.0 Å². The van der Waals surface area contributed by atoms with E-state index in [2.05, 4.69) is 115 Å². The molecular weight excluding hydrogens is 464 g/mol. The fourth-order valence-electron chi connectivity index (χ4n) is 4.91.